The van der Waals surface area contributed by atoms with Crippen LogP contribution in [0.15, 0.2) is 22.2 Å². The number of carbonyl (C=O) groups is 1. The number of nitrogens with zero attached hydrogens (tertiary/aromatic N) is 1. The molecule has 0 fully saturated rings. The molecule has 0 unspecified atom stereocenters. The average molecular weight is 296 g/mol. The molecule has 0 saturated carbocycles. The van der Waals surface area contributed by atoms with Gasteiger partial charge < -0.3 is 9.47 Å². The largest absolute Gasteiger partial charge is 0.493 e. The van der Waals surface area contributed by atoms with Gasteiger partial charge >= 0.3 is 0 Å². The molecule has 17 heavy (non-hydrogen) atoms. The van der Waals surface area contributed by atoms with Crippen LogP contribution >= 0.6 is 15.9 Å². The summed E-state index contributed by atoms with van der Waals surface area (Å²) in [6.45, 7) is 0. The third-order valence-corrected chi connectivity index (χ3v) is 2.62. The second-order valence-corrected chi connectivity index (χ2v) is 3.92. The number of aldehydes is 1. The van der Waals surface area contributed by atoms with Crippen LogP contribution in [-0.4, -0.2) is 20.5 Å². The van der Waals surface area contributed by atoms with Crippen molar-refractivity contribution in [1.82, 2.24) is 0 Å². The van der Waals surface area contributed by atoms with E-state index < -0.39 is 0 Å². The number of ether oxygens (including phenoxy) is 2. The lowest BCUT2D eigenvalue weighted by Crippen LogP contribution is -1.92. The number of carbonyl (C=O) groups excluding carboxylic acids is 1. The molecular weight excluding hydrogens is 286 g/mol. The molecule has 0 N–H and O–H groups in total. The highest BCUT2D eigenvalue weighted by molar-refractivity contribution is 9.10. The van der Waals surface area contributed by atoms with Crippen LogP contribution in [-0.2, 0) is 4.79 Å². The zero-order valence-corrected chi connectivity index (χ0v) is 10.9. The Morgan fingerprint density at radius 1 is 1.41 bits per heavy atom. The molecule has 0 aliphatic rings. The molecule has 88 valence electrons. The summed E-state index contributed by atoms with van der Waals surface area (Å²) in [7, 11) is 3.05. The second kappa shape index (κ2) is 6.06. The average Bonchev–Trinajstić information content (AvgIpc) is 2.35. The first-order chi connectivity index (χ1) is 8.15. The van der Waals surface area contributed by atoms with Gasteiger partial charge in [0.05, 0.1) is 24.3 Å². The third-order valence-electron chi connectivity index (χ3n) is 2.03. The zero-order chi connectivity index (χ0) is 12.8. The highest BCUT2D eigenvalue weighted by Gasteiger charge is 2.09. The van der Waals surface area contributed by atoms with Gasteiger partial charge in [-0.15, -0.1) is 0 Å². The van der Waals surface area contributed by atoms with Crippen molar-refractivity contribution in [3.63, 3.8) is 0 Å². The lowest BCUT2D eigenvalue weighted by Gasteiger charge is -2.10. The molecule has 0 aromatic heterocycles. The molecule has 0 atom stereocenters. The van der Waals surface area contributed by atoms with Gasteiger partial charge in [-0.3, -0.25) is 4.79 Å². The minimum Gasteiger partial charge on any atom is -0.493 e. The Labute approximate surface area is 108 Å². The predicted molar refractivity (Wildman–Crippen MR) is 66.9 cm³/mol. The van der Waals surface area contributed by atoms with Crippen molar-refractivity contribution in [2.75, 3.05) is 14.2 Å². The van der Waals surface area contributed by atoms with Gasteiger partial charge in [-0.2, -0.15) is 5.26 Å². The summed E-state index contributed by atoms with van der Waals surface area (Å²) < 4.78 is 11.0. The van der Waals surface area contributed by atoms with E-state index in [4.69, 9.17) is 14.7 Å². The van der Waals surface area contributed by atoms with E-state index in [9.17, 15) is 4.79 Å². The topological polar surface area (TPSA) is 59.3 Å². The minimum absolute atomic E-state index is 0.0455. The summed E-state index contributed by atoms with van der Waals surface area (Å²) >= 11 is 3.33. The fourth-order valence-electron chi connectivity index (χ4n) is 1.29. The molecular formula is C12H10BrNO3. The molecule has 0 spiro atoms. The Hall–Kier alpha value is -1.80. The maximum atomic E-state index is 10.5. The van der Waals surface area contributed by atoms with Gasteiger partial charge in [0, 0.05) is 0 Å². The van der Waals surface area contributed by atoms with E-state index in [-0.39, 0.29) is 5.57 Å². The summed E-state index contributed by atoms with van der Waals surface area (Å²) in [5.74, 6) is 1.09. The van der Waals surface area contributed by atoms with E-state index in [0.717, 1.165) is 0 Å². The highest BCUT2D eigenvalue weighted by atomic mass is 79.9. The monoisotopic (exact) mass is 295 g/mol. The fourth-order valence-corrected chi connectivity index (χ4v) is 1.92. The summed E-state index contributed by atoms with van der Waals surface area (Å²) in [6.07, 6.45) is 1.98. The number of benzene rings is 1. The number of hydrogen-bond acceptors (Lipinski definition) is 4. The van der Waals surface area contributed by atoms with E-state index in [1.807, 2.05) is 0 Å². The number of hydrogen-bond donors (Lipinski definition) is 0. The first kappa shape index (κ1) is 13.3. The summed E-state index contributed by atoms with van der Waals surface area (Å²) in [5, 5.41) is 8.67. The van der Waals surface area contributed by atoms with Crippen LogP contribution in [0, 0.1) is 11.3 Å². The normalized spacial score (nSPS) is 10.6. The van der Waals surface area contributed by atoms with Gasteiger partial charge in [0.25, 0.3) is 0 Å². The summed E-state index contributed by atoms with van der Waals surface area (Å²) in [6, 6.07) is 5.21. The van der Waals surface area contributed by atoms with Crippen LogP contribution in [0.5, 0.6) is 11.5 Å². The van der Waals surface area contributed by atoms with Gasteiger partial charge in [0.15, 0.2) is 17.8 Å². The molecule has 0 aliphatic carbocycles. The smallest absolute Gasteiger partial charge is 0.174 e. The van der Waals surface area contributed by atoms with E-state index in [1.54, 1.807) is 18.2 Å². The minimum atomic E-state index is 0.0455. The van der Waals surface area contributed by atoms with Gasteiger partial charge in [-0.1, -0.05) is 0 Å². The molecule has 0 bridgehead atoms. The van der Waals surface area contributed by atoms with Crippen molar-refractivity contribution in [3.8, 4) is 17.6 Å². The van der Waals surface area contributed by atoms with Crippen LogP contribution in [0.25, 0.3) is 6.08 Å². The Balaban J connectivity index is 3.30. The van der Waals surface area contributed by atoms with Crippen LogP contribution in [0.4, 0.5) is 0 Å². The van der Waals surface area contributed by atoms with Crippen LogP contribution in [0.1, 0.15) is 5.56 Å². The second-order valence-electron chi connectivity index (χ2n) is 3.07. The predicted octanol–water partition coefficient (Wildman–Crippen LogP) is 2.57. The van der Waals surface area contributed by atoms with Gasteiger partial charge in [0.1, 0.15) is 6.07 Å². The van der Waals surface area contributed by atoms with E-state index >= 15 is 0 Å². The Bertz CT molecular complexity index is 503. The lowest BCUT2D eigenvalue weighted by atomic mass is 10.1. The summed E-state index contributed by atoms with van der Waals surface area (Å²) in [5.41, 5.74) is 0.724. The molecule has 0 amide bonds. The Morgan fingerprint density at radius 2 is 2.12 bits per heavy atom. The standard InChI is InChI=1S/C12H10BrNO3/c1-16-11-5-8(3-9(6-14)7-15)4-10(13)12(11)17-2/h3-5,7H,1-2H3/b9-3-. The van der Waals surface area contributed by atoms with Crippen molar-refractivity contribution in [2.24, 2.45) is 0 Å². The van der Waals surface area contributed by atoms with Crippen molar-refractivity contribution >= 4 is 28.3 Å². The lowest BCUT2D eigenvalue weighted by molar-refractivity contribution is -0.104. The molecule has 1 aromatic carbocycles. The van der Waals surface area contributed by atoms with Crippen molar-refractivity contribution in [1.29, 1.82) is 5.26 Å². The highest BCUT2D eigenvalue weighted by Crippen LogP contribution is 2.36. The summed E-state index contributed by atoms with van der Waals surface area (Å²) in [4.78, 5) is 10.5. The first-order valence-corrected chi connectivity index (χ1v) is 5.44. The van der Waals surface area contributed by atoms with Crippen LogP contribution in [0.2, 0.25) is 0 Å². The van der Waals surface area contributed by atoms with Gasteiger partial charge in [-0.05, 0) is 39.7 Å². The number of nitriles is 1. The van der Waals surface area contributed by atoms with Crippen molar-refractivity contribution in [2.45, 2.75) is 0 Å². The van der Waals surface area contributed by atoms with Crippen molar-refractivity contribution < 1.29 is 14.3 Å². The van der Waals surface area contributed by atoms with E-state index in [1.165, 1.54) is 20.3 Å². The van der Waals surface area contributed by atoms with Crippen LogP contribution < -0.4 is 9.47 Å². The van der Waals surface area contributed by atoms with Crippen LogP contribution in [0.3, 0.4) is 0 Å². The SMILES string of the molecule is COc1cc(/C=C(/C#N)C=O)cc(Br)c1OC. The molecule has 0 radical (unpaired) electrons. The molecule has 4 nitrogen and oxygen atoms in total. The maximum absolute atomic E-state index is 10.5. The maximum Gasteiger partial charge on any atom is 0.174 e. The number of methoxy groups -OCH3 is 2. The number of allylic oxidation sites excluding steroid dienone is 1. The van der Waals surface area contributed by atoms with Gasteiger partial charge in [0.2, 0.25) is 0 Å². The molecule has 1 rings (SSSR count). The third kappa shape index (κ3) is 3.08. The van der Waals surface area contributed by atoms with E-state index in [0.29, 0.717) is 27.8 Å². The number of halogens is 1. The van der Waals surface area contributed by atoms with Crippen molar-refractivity contribution in [3.05, 3.63) is 27.7 Å². The zero-order valence-electron chi connectivity index (χ0n) is 9.36. The quantitative estimate of drug-likeness (QED) is 0.487. The van der Waals surface area contributed by atoms with E-state index in [2.05, 4.69) is 15.9 Å². The first-order valence-electron chi connectivity index (χ1n) is 4.64. The molecule has 0 heterocycles. The molecule has 5 heteroatoms. The molecule has 1 aromatic rings. The Morgan fingerprint density at radius 3 is 2.59 bits per heavy atom. The Kier molecular flexibility index (Phi) is 4.73. The molecule has 0 aliphatic heterocycles. The number of rotatable bonds is 4. The fraction of sp³-hybridized carbons (Fsp3) is 0.167. The molecule has 0 saturated heterocycles. The van der Waals surface area contributed by atoms with Gasteiger partial charge in [-0.25, -0.2) is 0 Å².